The molecule has 5 heteroatoms. The number of aromatic nitrogens is 2. The monoisotopic (exact) mass is 258 g/mol. The van der Waals surface area contributed by atoms with Crippen molar-refractivity contribution in [3.63, 3.8) is 0 Å². The number of aldehydes is 1. The highest BCUT2D eigenvalue weighted by Gasteiger charge is 2.28. The van der Waals surface area contributed by atoms with Crippen molar-refractivity contribution < 1.29 is 8.98 Å². The molecule has 0 aromatic carbocycles. The Morgan fingerprint density at radius 1 is 1.47 bits per heavy atom. The van der Waals surface area contributed by atoms with Crippen LogP contribution in [0.15, 0.2) is 12.4 Å². The van der Waals surface area contributed by atoms with Crippen molar-refractivity contribution in [3.05, 3.63) is 18.0 Å². The smallest absolute Gasteiger partial charge is 0.153 e. The van der Waals surface area contributed by atoms with E-state index in [1.807, 2.05) is 0 Å². The normalized spacial score (nSPS) is 13.7. The van der Waals surface area contributed by atoms with Gasteiger partial charge in [-0.1, -0.05) is 20.8 Å². The topological polar surface area (TPSA) is 44.1 Å². The summed E-state index contributed by atoms with van der Waals surface area (Å²) < 4.78 is 7.88. The molecule has 1 rings (SSSR count). The lowest BCUT2D eigenvalue weighted by Crippen LogP contribution is -2.26. The van der Waals surface area contributed by atoms with Gasteiger partial charge in [0.15, 0.2) is 6.29 Å². The fraction of sp³-hybridized carbons (Fsp3) is 0.667. The fourth-order valence-electron chi connectivity index (χ4n) is 1.08. The summed E-state index contributed by atoms with van der Waals surface area (Å²) in [6, 6.07) is 0. The van der Waals surface area contributed by atoms with E-state index in [0.717, 1.165) is 6.29 Å². The Bertz CT molecular complexity index is 380. The highest BCUT2D eigenvalue weighted by molar-refractivity contribution is 8.29. The van der Waals surface area contributed by atoms with E-state index >= 15 is 0 Å². The molecule has 0 unspecified atom stereocenters. The molecule has 0 fully saturated rings. The van der Waals surface area contributed by atoms with Crippen LogP contribution in [0, 0.1) is 0 Å². The number of carbonyl (C=O) groups excluding carboxylic acids is 1. The van der Waals surface area contributed by atoms with Crippen LogP contribution in [0.2, 0.25) is 0 Å². The summed E-state index contributed by atoms with van der Waals surface area (Å²) in [6.07, 6.45) is 8.44. The standard InChI is InChI=1S/C12H22N2O2S/c1-12(2,3)17(4,5)16-7-6-14-9-11(10-15)8-13-14/h8-10H,6-7H2,1-5H3. The van der Waals surface area contributed by atoms with Gasteiger partial charge in [-0.2, -0.15) is 5.10 Å². The minimum atomic E-state index is -1.08. The average Bonchev–Trinajstić information content (AvgIpc) is 2.63. The van der Waals surface area contributed by atoms with Gasteiger partial charge in [-0.05, 0) is 12.5 Å². The molecule has 0 radical (unpaired) electrons. The van der Waals surface area contributed by atoms with Gasteiger partial charge in [-0.15, -0.1) is 10.3 Å². The van der Waals surface area contributed by atoms with E-state index in [0.29, 0.717) is 18.7 Å². The number of hydrogen-bond acceptors (Lipinski definition) is 3. The zero-order valence-corrected chi connectivity index (χ0v) is 12.1. The lowest BCUT2D eigenvalue weighted by molar-refractivity contribution is 0.112. The average molecular weight is 258 g/mol. The molecular formula is C12H22N2O2S. The number of rotatable bonds is 5. The maximum absolute atomic E-state index is 10.5. The molecule has 1 aromatic heterocycles. The fourth-order valence-corrected chi connectivity index (χ4v) is 1.92. The molecule has 17 heavy (non-hydrogen) atoms. The molecule has 1 heterocycles. The van der Waals surface area contributed by atoms with Crippen molar-refractivity contribution >= 4 is 16.6 Å². The molecule has 0 amide bonds. The molecular weight excluding hydrogens is 236 g/mol. The lowest BCUT2D eigenvalue weighted by atomic mass is 10.3. The maximum atomic E-state index is 10.5. The van der Waals surface area contributed by atoms with Crippen LogP contribution in [0.3, 0.4) is 0 Å². The Morgan fingerprint density at radius 2 is 2.12 bits per heavy atom. The summed E-state index contributed by atoms with van der Waals surface area (Å²) in [6.45, 7) is 7.89. The van der Waals surface area contributed by atoms with Crippen molar-refractivity contribution in [3.8, 4) is 0 Å². The molecule has 0 aliphatic carbocycles. The van der Waals surface area contributed by atoms with Crippen LogP contribution in [-0.4, -0.2) is 39.9 Å². The Labute approximate surface area is 105 Å². The van der Waals surface area contributed by atoms with Gasteiger partial charge in [-0.25, -0.2) is 0 Å². The van der Waals surface area contributed by atoms with Gasteiger partial charge in [0, 0.05) is 10.9 Å². The largest absolute Gasteiger partial charge is 0.335 e. The summed E-state index contributed by atoms with van der Waals surface area (Å²) in [5.74, 6) is 0. The quantitative estimate of drug-likeness (QED) is 0.762. The van der Waals surface area contributed by atoms with Crippen LogP contribution in [0.5, 0.6) is 0 Å². The van der Waals surface area contributed by atoms with Gasteiger partial charge in [0.05, 0.1) is 24.9 Å². The lowest BCUT2D eigenvalue weighted by Gasteiger charge is -2.43. The first-order chi connectivity index (χ1) is 7.76. The van der Waals surface area contributed by atoms with Gasteiger partial charge in [0.2, 0.25) is 0 Å². The molecule has 0 atom stereocenters. The zero-order chi connectivity index (χ0) is 13.1. The van der Waals surface area contributed by atoms with Crippen molar-refractivity contribution in [2.24, 2.45) is 0 Å². The Balaban J connectivity index is 2.45. The minimum absolute atomic E-state index is 0.172. The van der Waals surface area contributed by atoms with E-state index in [-0.39, 0.29) is 4.75 Å². The molecule has 0 aliphatic rings. The Hall–Kier alpha value is -0.810. The van der Waals surface area contributed by atoms with E-state index in [1.165, 1.54) is 0 Å². The summed E-state index contributed by atoms with van der Waals surface area (Å²) in [4.78, 5) is 10.5. The number of carbonyl (C=O) groups is 1. The molecule has 0 saturated heterocycles. The molecule has 0 bridgehead atoms. The van der Waals surface area contributed by atoms with E-state index in [4.69, 9.17) is 4.18 Å². The van der Waals surface area contributed by atoms with Gasteiger partial charge >= 0.3 is 0 Å². The first-order valence-corrected chi connectivity index (χ1v) is 7.98. The van der Waals surface area contributed by atoms with Crippen molar-refractivity contribution in [2.75, 3.05) is 19.1 Å². The Kier molecular flexibility index (Phi) is 4.38. The van der Waals surface area contributed by atoms with E-state index in [2.05, 4.69) is 38.4 Å². The molecule has 98 valence electrons. The van der Waals surface area contributed by atoms with Crippen LogP contribution < -0.4 is 0 Å². The summed E-state index contributed by atoms with van der Waals surface area (Å²) in [7, 11) is -1.08. The van der Waals surface area contributed by atoms with Crippen LogP contribution in [0.4, 0.5) is 0 Å². The van der Waals surface area contributed by atoms with E-state index in [1.54, 1.807) is 17.1 Å². The third-order valence-corrected chi connectivity index (χ3v) is 6.67. The highest BCUT2D eigenvalue weighted by Crippen LogP contribution is 2.53. The zero-order valence-electron chi connectivity index (χ0n) is 11.3. The van der Waals surface area contributed by atoms with Gasteiger partial charge in [0.1, 0.15) is 0 Å². The predicted molar refractivity (Wildman–Crippen MR) is 72.8 cm³/mol. The van der Waals surface area contributed by atoms with Crippen LogP contribution in [0.25, 0.3) is 0 Å². The third-order valence-electron chi connectivity index (χ3n) is 2.96. The first kappa shape index (κ1) is 14.3. The summed E-state index contributed by atoms with van der Waals surface area (Å²) >= 11 is 0. The Morgan fingerprint density at radius 3 is 2.59 bits per heavy atom. The summed E-state index contributed by atoms with van der Waals surface area (Å²) in [5, 5.41) is 4.08. The minimum Gasteiger partial charge on any atom is -0.335 e. The van der Waals surface area contributed by atoms with Crippen LogP contribution in [0.1, 0.15) is 31.1 Å². The van der Waals surface area contributed by atoms with Crippen molar-refractivity contribution in [1.29, 1.82) is 0 Å². The van der Waals surface area contributed by atoms with E-state index < -0.39 is 10.3 Å². The molecule has 0 saturated carbocycles. The van der Waals surface area contributed by atoms with Gasteiger partial charge in [-0.3, -0.25) is 9.48 Å². The predicted octanol–water partition coefficient (Wildman–Crippen LogP) is 2.49. The molecule has 0 N–H and O–H groups in total. The molecule has 4 nitrogen and oxygen atoms in total. The SMILES string of the molecule is CC(C)(C)S(C)(C)OCCn1cc(C=O)cn1. The molecule has 0 spiro atoms. The molecule has 0 aliphatic heterocycles. The third kappa shape index (κ3) is 3.85. The first-order valence-electron chi connectivity index (χ1n) is 5.61. The number of hydrogen-bond donors (Lipinski definition) is 0. The second-order valence-electron chi connectivity index (χ2n) is 5.32. The van der Waals surface area contributed by atoms with Gasteiger partial charge in [0.25, 0.3) is 0 Å². The van der Waals surface area contributed by atoms with Crippen molar-refractivity contribution in [1.82, 2.24) is 9.78 Å². The number of nitrogens with zero attached hydrogens (tertiary/aromatic N) is 2. The highest BCUT2D eigenvalue weighted by atomic mass is 32.3. The second kappa shape index (κ2) is 5.23. The molecule has 1 aromatic rings. The maximum Gasteiger partial charge on any atom is 0.153 e. The van der Waals surface area contributed by atoms with Crippen molar-refractivity contribution in [2.45, 2.75) is 32.1 Å². The summed E-state index contributed by atoms with van der Waals surface area (Å²) in [5.41, 5.74) is 0.604. The van der Waals surface area contributed by atoms with E-state index in [9.17, 15) is 4.79 Å². The van der Waals surface area contributed by atoms with Gasteiger partial charge < -0.3 is 4.18 Å². The van der Waals surface area contributed by atoms with Crippen LogP contribution >= 0.6 is 10.3 Å². The second-order valence-corrected chi connectivity index (χ2v) is 9.25. The van der Waals surface area contributed by atoms with Crippen LogP contribution in [-0.2, 0) is 10.7 Å².